The topological polar surface area (TPSA) is 49.3 Å². The minimum Gasteiger partial charge on any atom is -0.390 e. The van der Waals surface area contributed by atoms with Crippen LogP contribution in [0.3, 0.4) is 0 Å². The van der Waals surface area contributed by atoms with Crippen LogP contribution in [0.15, 0.2) is 24.3 Å². The first kappa shape index (κ1) is 12.4. The smallest absolute Gasteiger partial charge is 0.224 e. The van der Waals surface area contributed by atoms with Crippen molar-refractivity contribution in [2.75, 3.05) is 5.88 Å². The molecule has 2 N–H and O–H groups in total. The van der Waals surface area contributed by atoms with Crippen molar-refractivity contribution in [2.45, 2.75) is 25.5 Å². The molecule has 1 aromatic rings. The van der Waals surface area contributed by atoms with Crippen LogP contribution in [0, 0.1) is 5.92 Å². The van der Waals surface area contributed by atoms with Crippen LogP contribution in [0.4, 0.5) is 0 Å². The highest BCUT2D eigenvalue weighted by molar-refractivity contribution is 6.19. The van der Waals surface area contributed by atoms with Crippen LogP contribution in [0.25, 0.3) is 0 Å². The molecule has 4 heteroatoms. The van der Waals surface area contributed by atoms with E-state index in [1.165, 1.54) is 0 Å². The summed E-state index contributed by atoms with van der Waals surface area (Å²) in [5.74, 6) is -0.0617. The second-order valence-corrected chi connectivity index (χ2v) is 4.82. The molecule has 3 atom stereocenters. The first-order chi connectivity index (χ1) is 8.13. The number of alkyl halides is 1. The summed E-state index contributed by atoms with van der Waals surface area (Å²) >= 11 is 5.65. The third-order valence-corrected chi connectivity index (χ3v) is 3.64. The van der Waals surface area contributed by atoms with Gasteiger partial charge in [0.25, 0.3) is 0 Å². The van der Waals surface area contributed by atoms with Crippen molar-refractivity contribution in [3.63, 3.8) is 0 Å². The van der Waals surface area contributed by atoms with Crippen LogP contribution in [-0.4, -0.2) is 23.0 Å². The molecule has 1 amide bonds. The van der Waals surface area contributed by atoms with Crippen LogP contribution in [0.5, 0.6) is 0 Å². The molecule has 1 aromatic carbocycles. The molecule has 0 heterocycles. The summed E-state index contributed by atoms with van der Waals surface area (Å²) in [6.45, 7) is 1.77. The number of fused-ring (bicyclic) bond motifs is 1. The Bertz CT molecular complexity index is 422. The third-order valence-electron chi connectivity index (χ3n) is 3.18. The summed E-state index contributed by atoms with van der Waals surface area (Å²) in [4.78, 5) is 11.8. The van der Waals surface area contributed by atoms with E-state index in [-0.39, 0.29) is 23.7 Å². The van der Waals surface area contributed by atoms with Gasteiger partial charge in [0, 0.05) is 18.2 Å². The van der Waals surface area contributed by atoms with Gasteiger partial charge in [0.15, 0.2) is 0 Å². The predicted molar refractivity (Wildman–Crippen MR) is 66.9 cm³/mol. The maximum Gasteiger partial charge on any atom is 0.224 e. The molecule has 0 saturated heterocycles. The van der Waals surface area contributed by atoms with E-state index in [0.29, 0.717) is 6.42 Å². The van der Waals surface area contributed by atoms with Gasteiger partial charge in [-0.25, -0.2) is 0 Å². The van der Waals surface area contributed by atoms with E-state index in [0.717, 1.165) is 11.1 Å². The van der Waals surface area contributed by atoms with Crippen LogP contribution in [0.1, 0.15) is 24.1 Å². The lowest BCUT2D eigenvalue weighted by atomic mass is 10.1. The molecule has 1 aliphatic carbocycles. The van der Waals surface area contributed by atoms with Crippen molar-refractivity contribution >= 4 is 17.5 Å². The van der Waals surface area contributed by atoms with Gasteiger partial charge in [0.2, 0.25) is 5.91 Å². The van der Waals surface area contributed by atoms with E-state index < -0.39 is 6.10 Å². The van der Waals surface area contributed by atoms with Gasteiger partial charge in [-0.2, -0.15) is 0 Å². The van der Waals surface area contributed by atoms with Crippen molar-refractivity contribution in [2.24, 2.45) is 5.92 Å². The third kappa shape index (κ3) is 2.45. The van der Waals surface area contributed by atoms with E-state index in [2.05, 4.69) is 5.32 Å². The zero-order valence-electron chi connectivity index (χ0n) is 9.69. The minimum absolute atomic E-state index is 0.110. The number of halogens is 1. The Kier molecular flexibility index (Phi) is 3.69. The molecule has 0 aromatic heterocycles. The summed E-state index contributed by atoms with van der Waals surface area (Å²) in [6.07, 6.45) is 0.0509. The summed E-state index contributed by atoms with van der Waals surface area (Å²) in [5, 5.41) is 12.8. The summed E-state index contributed by atoms with van der Waals surface area (Å²) in [5.41, 5.74) is 2.11. The fraction of sp³-hybridized carbons (Fsp3) is 0.462. The molecule has 92 valence electrons. The molecular formula is C13H16ClNO2. The highest BCUT2D eigenvalue weighted by atomic mass is 35.5. The van der Waals surface area contributed by atoms with Gasteiger partial charge in [-0.3, -0.25) is 4.79 Å². The molecule has 3 nitrogen and oxygen atoms in total. The Labute approximate surface area is 106 Å². The van der Waals surface area contributed by atoms with Crippen LogP contribution in [-0.2, 0) is 11.2 Å². The number of rotatable bonds is 3. The lowest BCUT2D eigenvalue weighted by Crippen LogP contribution is -2.37. The highest BCUT2D eigenvalue weighted by Crippen LogP contribution is 2.31. The monoisotopic (exact) mass is 253 g/mol. The SMILES string of the molecule is CC(CCl)C(=O)N[C@H]1c2ccccc2C[C@H]1O. The summed E-state index contributed by atoms with van der Waals surface area (Å²) < 4.78 is 0. The number of aliphatic hydroxyl groups is 1. The number of carbonyl (C=O) groups excluding carboxylic acids is 1. The Morgan fingerprint density at radius 2 is 2.29 bits per heavy atom. The Morgan fingerprint density at radius 3 is 3.00 bits per heavy atom. The van der Waals surface area contributed by atoms with Gasteiger partial charge in [0.05, 0.1) is 12.1 Å². The van der Waals surface area contributed by atoms with Gasteiger partial charge in [-0.15, -0.1) is 11.6 Å². The van der Waals surface area contributed by atoms with Crippen molar-refractivity contribution in [1.29, 1.82) is 0 Å². The number of amides is 1. The molecular weight excluding hydrogens is 238 g/mol. The summed E-state index contributed by atoms with van der Waals surface area (Å²) in [6, 6.07) is 7.49. The van der Waals surface area contributed by atoms with Crippen LogP contribution in [0.2, 0.25) is 0 Å². The fourth-order valence-electron chi connectivity index (χ4n) is 2.11. The Hall–Kier alpha value is -1.06. The fourth-order valence-corrected chi connectivity index (χ4v) is 2.25. The van der Waals surface area contributed by atoms with E-state index in [1.807, 2.05) is 24.3 Å². The van der Waals surface area contributed by atoms with Gasteiger partial charge in [0.1, 0.15) is 0 Å². The second-order valence-electron chi connectivity index (χ2n) is 4.51. The maximum absolute atomic E-state index is 11.8. The van der Waals surface area contributed by atoms with Crippen molar-refractivity contribution < 1.29 is 9.90 Å². The van der Waals surface area contributed by atoms with E-state index in [1.54, 1.807) is 6.92 Å². The standard InChI is InChI=1S/C13H16ClNO2/c1-8(7-14)13(17)15-12-10-5-3-2-4-9(10)6-11(12)16/h2-5,8,11-12,16H,6-7H2,1H3,(H,15,17)/t8?,11-,12+/m1/s1. The van der Waals surface area contributed by atoms with Gasteiger partial charge in [-0.1, -0.05) is 31.2 Å². The lowest BCUT2D eigenvalue weighted by Gasteiger charge is -2.19. The van der Waals surface area contributed by atoms with Crippen molar-refractivity contribution in [3.05, 3.63) is 35.4 Å². The van der Waals surface area contributed by atoms with Crippen molar-refractivity contribution in [1.82, 2.24) is 5.32 Å². The number of nitrogens with one attached hydrogen (secondary N) is 1. The number of hydrogen-bond donors (Lipinski definition) is 2. The average molecular weight is 254 g/mol. The van der Waals surface area contributed by atoms with Gasteiger partial charge >= 0.3 is 0 Å². The quantitative estimate of drug-likeness (QED) is 0.805. The zero-order chi connectivity index (χ0) is 12.4. The zero-order valence-corrected chi connectivity index (χ0v) is 10.4. The Balaban J connectivity index is 2.14. The predicted octanol–water partition coefficient (Wildman–Crippen LogP) is 1.64. The normalized spacial score (nSPS) is 24.2. The lowest BCUT2D eigenvalue weighted by molar-refractivity contribution is -0.125. The number of hydrogen-bond acceptors (Lipinski definition) is 2. The van der Waals surface area contributed by atoms with E-state index in [9.17, 15) is 9.90 Å². The molecule has 0 spiro atoms. The van der Waals surface area contributed by atoms with Crippen molar-refractivity contribution in [3.8, 4) is 0 Å². The van der Waals surface area contributed by atoms with Gasteiger partial charge in [-0.05, 0) is 11.1 Å². The average Bonchev–Trinajstić information content (AvgIpc) is 2.65. The molecule has 17 heavy (non-hydrogen) atoms. The molecule has 0 saturated carbocycles. The number of aliphatic hydroxyl groups excluding tert-OH is 1. The second kappa shape index (κ2) is 5.07. The molecule has 0 bridgehead atoms. The molecule has 0 fully saturated rings. The number of carbonyl (C=O) groups is 1. The number of benzene rings is 1. The largest absolute Gasteiger partial charge is 0.390 e. The minimum atomic E-state index is -0.543. The van der Waals surface area contributed by atoms with Crippen LogP contribution >= 0.6 is 11.6 Å². The van der Waals surface area contributed by atoms with Gasteiger partial charge < -0.3 is 10.4 Å². The Morgan fingerprint density at radius 1 is 1.59 bits per heavy atom. The molecule has 1 aliphatic rings. The van der Waals surface area contributed by atoms with E-state index in [4.69, 9.17) is 11.6 Å². The summed E-state index contributed by atoms with van der Waals surface area (Å²) in [7, 11) is 0. The van der Waals surface area contributed by atoms with Crippen LogP contribution < -0.4 is 5.32 Å². The molecule has 0 radical (unpaired) electrons. The first-order valence-electron chi connectivity index (χ1n) is 5.75. The van der Waals surface area contributed by atoms with E-state index >= 15 is 0 Å². The highest BCUT2D eigenvalue weighted by Gasteiger charge is 2.32. The molecule has 0 aliphatic heterocycles. The molecule has 2 rings (SSSR count). The maximum atomic E-state index is 11.8. The first-order valence-corrected chi connectivity index (χ1v) is 6.29. The molecule has 1 unspecified atom stereocenters.